The van der Waals surface area contributed by atoms with Crippen molar-refractivity contribution in [2.24, 2.45) is 0 Å². The molecule has 1 amide bonds. The molecule has 2 aliphatic rings. The van der Waals surface area contributed by atoms with E-state index in [1.165, 1.54) is 0 Å². The Bertz CT molecular complexity index is 496. The van der Waals surface area contributed by atoms with Crippen molar-refractivity contribution in [1.82, 2.24) is 4.90 Å². The van der Waals surface area contributed by atoms with Crippen LogP contribution >= 0.6 is 0 Å². The van der Waals surface area contributed by atoms with Gasteiger partial charge in [0, 0.05) is 24.9 Å². The molecule has 2 unspecified atom stereocenters. The highest BCUT2D eigenvalue weighted by Gasteiger charge is 2.39. The van der Waals surface area contributed by atoms with Gasteiger partial charge in [-0.2, -0.15) is 0 Å². The van der Waals surface area contributed by atoms with E-state index in [4.69, 9.17) is 4.74 Å². The maximum Gasteiger partial charge on any atom is 0.410 e. The van der Waals surface area contributed by atoms with E-state index < -0.39 is 0 Å². The third kappa shape index (κ3) is 3.26. The average Bonchev–Trinajstić information content (AvgIpc) is 2.62. The second kappa shape index (κ2) is 6.29. The lowest BCUT2D eigenvalue weighted by Gasteiger charge is -2.39. The van der Waals surface area contributed by atoms with Gasteiger partial charge >= 0.3 is 6.09 Å². The van der Waals surface area contributed by atoms with Crippen LogP contribution in [0.2, 0.25) is 0 Å². The maximum atomic E-state index is 12.4. The predicted octanol–water partition coefficient (Wildman–Crippen LogP) is 3.30. The highest BCUT2D eigenvalue weighted by Crippen LogP contribution is 2.31. The molecule has 0 saturated carbocycles. The first kappa shape index (κ1) is 14.1. The molecule has 4 nitrogen and oxygen atoms in total. The number of amides is 1. The summed E-state index contributed by atoms with van der Waals surface area (Å²) in [7, 11) is 0. The van der Waals surface area contributed by atoms with E-state index in [1.807, 2.05) is 35.2 Å². The summed E-state index contributed by atoms with van der Waals surface area (Å²) in [6.07, 6.45) is 4.76. The molecule has 2 atom stereocenters. The summed E-state index contributed by atoms with van der Waals surface area (Å²) in [5.74, 6) is 0.291. The average molecular weight is 287 g/mol. The van der Waals surface area contributed by atoms with Crippen LogP contribution in [0.15, 0.2) is 30.3 Å². The first-order chi connectivity index (χ1) is 10.2. The van der Waals surface area contributed by atoms with Crippen molar-refractivity contribution in [1.29, 1.82) is 0 Å². The van der Waals surface area contributed by atoms with Crippen molar-refractivity contribution in [3.63, 3.8) is 0 Å². The Morgan fingerprint density at radius 1 is 1.10 bits per heavy atom. The minimum atomic E-state index is -0.261. The Morgan fingerprint density at radius 3 is 2.33 bits per heavy atom. The number of fused-ring (bicyclic) bond motifs is 2. The Hall–Kier alpha value is -1.84. The van der Waals surface area contributed by atoms with Gasteiger partial charge in [-0.15, -0.1) is 0 Å². The van der Waals surface area contributed by atoms with Crippen molar-refractivity contribution >= 4 is 11.9 Å². The molecule has 2 aliphatic heterocycles. The number of ketones is 1. The number of benzene rings is 1. The molecule has 1 aromatic carbocycles. The topological polar surface area (TPSA) is 46.6 Å². The molecule has 0 aliphatic carbocycles. The summed E-state index contributed by atoms with van der Waals surface area (Å²) in [4.78, 5) is 26.1. The standard InChI is InChI=1S/C17H21NO3/c19-16-10-14-8-4-5-9-15(11-16)18(14)17(20)21-12-13-6-2-1-3-7-13/h1-3,6-7,14-15H,4-5,8-12H2. The van der Waals surface area contributed by atoms with Gasteiger partial charge in [0.1, 0.15) is 12.4 Å². The van der Waals surface area contributed by atoms with E-state index in [1.54, 1.807) is 0 Å². The highest BCUT2D eigenvalue weighted by atomic mass is 16.6. The molecule has 3 rings (SSSR count). The van der Waals surface area contributed by atoms with Crippen LogP contribution in [0.5, 0.6) is 0 Å². The summed E-state index contributed by atoms with van der Waals surface area (Å²) < 4.78 is 5.47. The van der Waals surface area contributed by atoms with E-state index in [0.717, 1.165) is 31.2 Å². The molecule has 0 radical (unpaired) electrons. The molecule has 2 saturated heterocycles. The van der Waals surface area contributed by atoms with E-state index in [2.05, 4.69) is 0 Å². The van der Waals surface area contributed by atoms with Crippen LogP contribution in [0.4, 0.5) is 4.79 Å². The first-order valence-corrected chi connectivity index (χ1v) is 7.75. The number of rotatable bonds is 2. The van der Waals surface area contributed by atoms with Crippen LogP contribution in [0.3, 0.4) is 0 Å². The van der Waals surface area contributed by atoms with Gasteiger partial charge in [-0.05, 0) is 18.4 Å². The number of piperidine rings is 1. The lowest BCUT2D eigenvalue weighted by molar-refractivity contribution is -0.124. The van der Waals surface area contributed by atoms with Gasteiger partial charge < -0.3 is 9.64 Å². The summed E-state index contributed by atoms with van der Waals surface area (Å²) in [6.45, 7) is 0.295. The van der Waals surface area contributed by atoms with E-state index in [0.29, 0.717) is 25.2 Å². The zero-order valence-corrected chi connectivity index (χ0v) is 12.2. The van der Waals surface area contributed by atoms with E-state index in [9.17, 15) is 9.59 Å². The SMILES string of the molecule is O=C1CC2CCCCC(C1)N2C(=O)OCc1ccccc1. The molecule has 1 aromatic rings. The second-order valence-electron chi connectivity index (χ2n) is 5.99. The van der Waals surface area contributed by atoms with Crippen LogP contribution in [-0.2, 0) is 16.1 Å². The number of carbonyl (C=O) groups is 2. The zero-order chi connectivity index (χ0) is 14.7. The van der Waals surface area contributed by atoms with Gasteiger partial charge in [-0.1, -0.05) is 43.2 Å². The van der Waals surface area contributed by atoms with Crippen LogP contribution in [0.25, 0.3) is 0 Å². The van der Waals surface area contributed by atoms with Gasteiger partial charge in [0.25, 0.3) is 0 Å². The molecule has 0 aromatic heterocycles. The number of hydrogen-bond acceptors (Lipinski definition) is 3. The zero-order valence-electron chi connectivity index (χ0n) is 12.2. The largest absolute Gasteiger partial charge is 0.445 e. The Balaban J connectivity index is 1.66. The lowest BCUT2D eigenvalue weighted by Crippen LogP contribution is -2.51. The van der Waals surface area contributed by atoms with Crippen molar-refractivity contribution in [3.05, 3.63) is 35.9 Å². The molecular formula is C17H21NO3. The molecular weight excluding hydrogens is 266 g/mol. The Morgan fingerprint density at radius 2 is 1.71 bits per heavy atom. The number of ether oxygens (including phenoxy) is 1. The Kier molecular flexibility index (Phi) is 4.23. The quantitative estimate of drug-likeness (QED) is 0.838. The minimum absolute atomic E-state index is 0.0435. The maximum absolute atomic E-state index is 12.4. The number of nitrogens with zero attached hydrogens (tertiary/aromatic N) is 1. The van der Waals surface area contributed by atoms with Crippen molar-refractivity contribution in [3.8, 4) is 0 Å². The normalized spacial score (nSPS) is 25.3. The van der Waals surface area contributed by atoms with Gasteiger partial charge in [0.2, 0.25) is 0 Å². The van der Waals surface area contributed by atoms with Gasteiger partial charge in [0.05, 0.1) is 0 Å². The summed E-state index contributed by atoms with van der Waals surface area (Å²) in [5, 5.41) is 0. The van der Waals surface area contributed by atoms with Gasteiger partial charge in [-0.3, -0.25) is 4.79 Å². The molecule has 2 bridgehead atoms. The molecule has 112 valence electrons. The van der Waals surface area contributed by atoms with Gasteiger partial charge in [-0.25, -0.2) is 4.79 Å². The molecule has 4 heteroatoms. The van der Waals surface area contributed by atoms with Crippen LogP contribution in [-0.4, -0.2) is 28.9 Å². The monoisotopic (exact) mass is 287 g/mol. The summed E-state index contributed by atoms with van der Waals surface area (Å²) >= 11 is 0. The molecule has 0 spiro atoms. The summed E-state index contributed by atoms with van der Waals surface area (Å²) in [6, 6.07) is 9.78. The third-order valence-corrected chi connectivity index (χ3v) is 4.45. The van der Waals surface area contributed by atoms with Crippen molar-refractivity contribution in [2.45, 2.75) is 57.2 Å². The molecule has 21 heavy (non-hydrogen) atoms. The number of carbonyl (C=O) groups excluding carboxylic acids is 2. The highest BCUT2D eigenvalue weighted by molar-refractivity contribution is 5.83. The smallest absolute Gasteiger partial charge is 0.410 e. The fourth-order valence-electron chi connectivity index (χ4n) is 3.44. The van der Waals surface area contributed by atoms with Crippen LogP contribution < -0.4 is 0 Å². The van der Waals surface area contributed by atoms with Crippen LogP contribution in [0.1, 0.15) is 44.1 Å². The van der Waals surface area contributed by atoms with E-state index >= 15 is 0 Å². The predicted molar refractivity (Wildman–Crippen MR) is 78.8 cm³/mol. The van der Waals surface area contributed by atoms with Crippen LogP contribution in [0, 0.1) is 0 Å². The number of Topliss-reactive ketones (excluding diaryl/α,β-unsaturated/α-hetero) is 1. The lowest BCUT2D eigenvalue weighted by atomic mass is 9.94. The van der Waals surface area contributed by atoms with Crippen molar-refractivity contribution < 1.29 is 14.3 Å². The minimum Gasteiger partial charge on any atom is -0.445 e. The molecule has 0 N–H and O–H groups in total. The fourth-order valence-corrected chi connectivity index (χ4v) is 3.44. The Labute approximate surface area is 125 Å². The third-order valence-electron chi connectivity index (χ3n) is 4.45. The van der Waals surface area contributed by atoms with Gasteiger partial charge in [0.15, 0.2) is 0 Å². The number of hydrogen-bond donors (Lipinski definition) is 0. The molecule has 2 heterocycles. The summed E-state index contributed by atoms with van der Waals surface area (Å²) in [5.41, 5.74) is 0.988. The molecule has 2 fully saturated rings. The fraction of sp³-hybridized carbons (Fsp3) is 0.529. The first-order valence-electron chi connectivity index (χ1n) is 7.75. The van der Waals surface area contributed by atoms with E-state index in [-0.39, 0.29) is 18.2 Å². The van der Waals surface area contributed by atoms with Crippen molar-refractivity contribution in [2.75, 3.05) is 0 Å². The second-order valence-corrected chi connectivity index (χ2v) is 5.99.